The zero-order valence-electron chi connectivity index (χ0n) is 19.3. The van der Waals surface area contributed by atoms with Crippen molar-refractivity contribution in [1.29, 1.82) is 0 Å². The third-order valence-corrected chi connectivity index (χ3v) is 7.26. The van der Waals surface area contributed by atoms with Crippen LogP contribution in [0.3, 0.4) is 0 Å². The number of amides is 1. The summed E-state index contributed by atoms with van der Waals surface area (Å²) < 4.78 is 56.5. The lowest BCUT2D eigenvalue weighted by Crippen LogP contribution is -2.57. The Morgan fingerprint density at radius 1 is 1.15 bits per heavy atom. The number of nitrogens with zero attached hydrogens (tertiary/aromatic N) is 3. The number of hydrogen-bond acceptors (Lipinski definition) is 3. The highest BCUT2D eigenvalue weighted by Crippen LogP contribution is 2.47. The van der Waals surface area contributed by atoms with Crippen molar-refractivity contribution in [3.63, 3.8) is 0 Å². The van der Waals surface area contributed by atoms with Gasteiger partial charge < -0.3 is 14.6 Å². The molecule has 1 amide bonds. The molecule has 4 rings (SSSR count). The van der Waals surface area contributed by atoms with Crippen LogP contribution in [0.5, 0.6) is 0 Å². The highest BCUT2D eigenvalue weighted by atomic mass is 35.5. The van der Waals surface area contributed by atoms with E-state index in [1.54, 1.807) is 24.8 Å². The molecule has 2 aliphatic rings. The third-order valence-electron chi connectivity index (χ3n) is 6.97. The van der Waals surface area contributed by atoms with Crippen molar-refractivity contribution < 1.29 is 28.9 Å². The highest BCUT2D eigenvalue weighted by Gasteiger charge is 2.49. The molecule has 0 saturated carbocycles. The topological polar surface area (TPSA) is 48.7 Å². The van der Waals surface area contributed by atoms with Gasteiger partial charge in [0.1, 0.15) is 11.5 Å². The van der Waals surface area contributed by atoms with Crippen LogP contribution >= 0.6 is 11.6 Å². The molecule has 1 saturated heterocycles. The summed E-state index contributed by atoms with van der Waals surface area (Å²) in [6.07, 6.45) is -3.56. The molecule has 0 atom stereocenters. The van der Waals surface area contributed by atoms with Gasteiger partial charge in [-0.15, -0.1) is 0 Å². The van der Waals surface area contributed by atoms with Crippen molar-refractivity contribution in [1.82, 2.24) is 14.4 Å². The SMILES string of the molecule is CN1CCn2c(C(F)(F)F)cc(Cl)c2C12CCN(C(=O)c1ccc(CC(C)(C)O)c(F)c1)CC2.[HH]. The van der Waals surface area contributed by atoms with E-state index in [2.05, 4.69) is 0 Å². The molecule has 3 heterocycles. The second-order valence-electron chi connectivity index (χ2n) is 9.92. The maximum Gasteiger partial charge on any atom is 0.431 e. The third kappa shape index (κ3) is 4.45. The normalized spacial score (nSPS) is 18.9. The van der Waals surface area contributed by atoms with Crippen molar-refractivity contribution in [2.45, 2.75) is 57.0 Å². The number of aliphatic hydroxyl groups is 1. The van der Waals surface area contributed by atoms with Gasteiger partial charge >= 0.3 is 6.18 Å². The van der Waals surface area contributed by atoms with Gasteiger partial charge in [-0.1, -0.05) is 17.7 Å². The van der Waals surface area contributed by atoms with Gasteiger partial charge in [0.2, 0.25) is 0 Å². The van der Waals surface area contributed by atoms with E-state index in [-0.39, 0.29) is 30.9 Å². The standard InChI is InChI=1S/C24H28ClF4N3O2.H2/c1-22(2,34)14-16-5-4-15(12-18(16)26)21(33)31-8-6-23(7-9-31)20-17(25)13-19(24(27,28)29)32(20)11-10-30(23)3;/h4-5,12-13,34H,6-11,14H2,1-3H3;1H. The fourth-order valence-electron chi connectivity index (χ4n) is 5.27. The van der Waals surface area contributed by atoms with Crippen molar-refractivity contribution in [2.75, 3.05) is 26.7 Å². The molecule has 1 aromatic carbocycles. The minimum absolute atomic E-state index is 0. The average Bonchev–Trinajstić information content (AvgIpc) is 3.09. The summed E-state index contributed by atoms with van der Waals surface area (Å²) >= 11 is 6.34. The van der Waals surface area contributed by atoms with Crippen molar-refractivity contribution in [2.24, 2.45) is 0 Å². The number of halogens is 5. The Morgan fingerprint density at radius 2 is 1.79 bits per heavy atom. The van der Waals surface area contributed by atoms with Crippen molar-refractivity contribution in [3.05, 3.63) is 57.6 Å². The number of likely N-dealkylation sites (N-methyl/N-ethyl adjacent to an activating group) is 1. The Morgan fingerprint density at radius 3 is 2.35 bits per heavy atom. The van der Waals surface area contributed by atoms with Crippen LogP contribution in [-0.4, -0.2) is 57.7 Å². The van der Waals surface area contributed by atoms with Gasteiger partial charge in [0.05, 0.1) is 21.9 Å². The second kappa shape index (κ2) is 8.53. The summed E-state index contributed by atoms with van der Waals surface area (Å²) in [5.41, 5.74) is -1.57. The maximum atomic E-state index is 14.6. The minimum Gasteiger partial charge on any atom is -0.390 e. The molecule has 1 aromatic heterocycles. The number of piperidine rings is 1. The molecular formula is C24H30ClF4N3O2. The fourth-order valence-corrected chi connectivity index (χ4v) is 5.65. The van der Waals surface area contributed by atoms with Crippen LogP contribution in [0.15, 0.2) is 24.3 Å². The van der Waals surface area contributed by atoms with E-state index in [1.165, 1.54) is 16.7 Å². The number of fused-ring (bicyclic) bond motifs is 2. The van der Waals surface area contributed by atoms with E-state index < -0.39 is 28.8 Å². The summed E-state index contributed by atoms with van der Waals surface area (Å²) in [6, 6.07) is 5.22. The molecule has 1 spiro atoms. The molecular weight excluding hydrogens is 474 g/mol. The number of aromatic nitrogens is 1. The maximum absolute atomic E-state index is 14.6. The lowest BCUT2D eigenvalue weighted by Gasteiger charge is -2.50. The Hall–Kier alpha value is -2.10. The fraction of sp³-hybridized carbons (Fsp3) is 0.542. The number of benzene rings is 1. The van der Waals surface area contributed by atoms with E-state index in [1.807, 2.05) is 11.9 Å². The zero-order valence-corrected chi connectivity index (χ0v) is 20.1. The quantitative estimate of drug-likeness (QED) is 0.604. The van der Waals surface area contributed by atoms with Crippen LogP contribution in [0.2, 0.25) is 5.02 Å². The van der Waals surface area contributed by atoms with Gasteiger partial charge in [-0.05, 0) is 57.5 Å². The van der Waals surface area contributed by atoms with Crippen LogP contribution in [0, 0.1) is 5.82 Å². The largest absolute Gasteiger partial charge is 0.431 e. The Kier molecular flexibility index (Phi) is 6.28. The van der Waals surface area contributed by atoms with E-state index >= 15 is 0 Å². The molecule has 0 bridgehead atoms. The van der Waals surface area contributed by atoms with Crippen molar-refractivity contribution in [3.8, 4) is 0 Å². The van der Waals surface area contributed by atoms with E-state index in [9.17, 15) is 27.5 Å². The summed E-state index contributed by atoms with van der Waals surface area (Å²) in [7, 11) is 1.87. The number of hydrogen-bond donors (Lipinski definition) is 1. The molecule has 0 unspecified atom stereocenters. The predicted octanol–water partition coefficient (Wildman–Crippen LogP) is 4.94. The molecule has 1 fully saturated rings. The summed E-state index contributed by atoms with van der Waals surface area (Å²) in [5, 5.41) is 10.0. The van der Waals surface area contributed by atoms with Crippen LogP contribution in [0.25, 0.3) is 0 Å². The first-order chi connectivity index (χ1) is 15.7. The van der Waals surface area contributed by atoms with Crippen LogP contribution in [-0.2, 0) is 24.7 Å². The summed E-state index contributed by atoms with van der Waals surface area (Å²) in [6.45, 7) is 4.39. The van der Waals surface area contributed by atoms with Crippen LogP contribution in [0.1, 0.15) is 55.4 Å². The molecule has 1 N–H and O–H groups in total. The van der Waals surface area contributed by atoms with Crippen LogP contribution in [0.4, 0.5) is 17.6 Å². The lowest BCUT2D eigenvalue weighted by molar-refractivity contribution is -0.144. The Balaban J connectivity index is 0.00000342. The number of likely N-dealkylation sites (tertiary alicyclic amines) is 1. The monoisotopic (exact) mass is 503 g/mol. The molecule has 2 aliphatic heterocycles. The van der Waals surface area contributed by atoms with Gasteiger partial charge in [-0.2, -0.15) is 13.2 Å². The first-order valence-electron chi connectivity index (χ1n) is 11.2. The average molecular weight is 504 g/mol. The Bertz CT molecular complexity index is 1110. The molecule has 2 aromatic rings. The summed E-state index contributed by atoms with van der Waals surface area (Å²) in [5.74, 6) is -0.891. The second-order valence-corrected chi connectivity index (χ2v) is 10.3. The number of rotatable bonds is 3. The molecule has 5 nitrogen and oxygen atoms in total. The first-order valence-corrected chi connectivity index (χ1v) is 11.6. The van der Waals surface area contributed by atoms with Crippen molar-refractivity contribution >= 4 is 17.5 Å². The molecule has 10 heteroatoms. The van der Waals surface area contributed by atoms with Gasteiger partial charge in [0.25, 0.3) is 5.91 Å². The highest BCUT2D eigenvalue weighted by molar-refractivity contribution is 6.31. The smallest absolute Gasteiger partial charge is 0.390 e. The Labute approximate surface area is 202 Å². The number of carbonyl (C=O) groups excluding carboxylic acids is 1. The molecule has 34 heavy (non-hydrogen) atoms. The van der Waals surface area contributed by atoms with E-state index in [0.29, 0.717) is 43.7 Å². The zero-order chi connectivity index (χ0) is 25.1. The van der Waals surface area contributed by atoms with Gasteiger partial charge in [-0.3, -0.25) is 9.69 Å². The van der Waals surface area contributed by atoms with Gasteiger partial charge in [0, 0.05) is 39.6 Å². The summed E-state index contributed by atoms with van der Waals surface area (Å²) in [4.78, 5) is 16.7. The molecule has 0 aliphatic carbocycles. The molecule has 188 valence electrons. The number of carbonyl (C=O) groups is 1. The number of alkyl halides is 3. The van der Waals surface area contributed by atoms with Gasteiger partial charge in [-0.25, -0.2) is 4.39 Å². The predicted molar refractivity (Wildman–Crippen MR) is 122 cm³/mol. The molecule has 0 radical (unpaired) electrons. The van der Waals surface area contributed by atoms with Crippen LogP contribution < -0.4 is 0 Å². The first kappa shape index (κ1) is 25.0. The minimum atomic E-state index is -4.50. The van der Waals surface area contributed by atoms with Gasteiger partial charge in [0.15, 0.2) is 0 Å². The van der Waals surface area contributed by atoms with E-state index in [4.69, 9.17) is 11.6 Å². The lowest BCUT2D eigenvalue weighted by atomic mass is 9.81. The van der Waals surface area contributed by atoms with E-state index in [0.717, 1.165) is 6.07 Å².